The molecule has 0 bridgehead atoms. The van der Waals surface area contributed by atoms with Gasteiger partial charge in [-0.2, -0.15) is 0 Å². The SMILES string of the molecule is CCN(C(=O)c1cccc2c(=O)c(C)c(-c3ccccc3)oc12)N1CCN(c2ccccc2OC)CC1. The van der Waals surface area contributed by atoms with Crippen LogP contribution in [0, 0.1) is 6.92 Å². The van der Waals surface area contributed by atoms with Gasteiger partial charge in [-0.3, -0.25) is 14.6 Å². The Morgan fingerprint density at radius 1 is 0.946 bits per heavy atom. The second kappa shape index (κ2) is 10.5. The molecule has 1 aromatic heterocycles. The summed E-state index contributed by atoms with van der Waals surface area (Å²) < 4.78 is 11.8. The largest absolute Gasteiger partial charge is 0.495 e. The molecule has 0 N–H and O–H groups in total. The van der Waals surface area contributed by atoms with Crippen LogP contribution in [0.15, 0.2) is 82.0 Å². The molecule has 1 aliphatic heterocycles. The van der Waals surface area contributed by atoms with Gasteiger partial charge >= 0.3 is 0 Å². The van der Waals surface area contributed by atoms with Crippen LogP contribution in [0.25, 0.3) is 22.3 Å². The Bertz CT molecular complexity index is 1470. The molecule has 4 aromatic rings. The highest BCUT2D eigenvalue weighted by molar-refractivity contribution is 6.05. The molecular formula is C30H31N3O4. The predicted octanol–water partition coefficient (Wildman–Crippen LogP) is 4.98. The number of fused-ring (bicyclic) bond motifs is 1. The summed E-state index contributed by atoms with van der Waals surface area (Å²) in [6.07, 6.45) is 0. The van der Waals surface area contributed by atoms with Crippen molar-refractivity contribution in [1.82, 2.24) is 10.0 Å². The fourth-order valence-electron chi connectivity index (χ4n) is 5.02. The molecule has 7 nitrogen and oxygen atoms in total. The van der Waals surface area contributed by atoms with E-state index in [-0.39, 0.29) is 11.3 Å². The number of methoxy groups -OCH3 is 1. The molecule has 7 heteroatoms. The second-order valence-electron chi connectivity index (χ2n) is 9.07. The van der Waals surface area contributed by atoms with E-state index < -0.39 is 0 Å². The van der Waals surface area contributed by atoms with E-state index >= 15 is 0 Å². The van der Waals surface area contributed by atoms with Gasteiger partial charge in [-0.1, -0.05) is 48.5 Å². The molecule has 37 heavy (non-hydrogen) atoms. The summed E-state index contributed by atoms with van der Waals surface area (Å²) in [4.78, 5) is 29.4. The third-order valence-electron chi connectivity index (χ3n) is 6.97. The van der Waals surface area contributed by atoms with E-state index in [9.17, 15) is 9.59 Å². The number of amides is 1. The van der Waals surface area contributed by atoms with Gasteiger partial charge < -0.3 is 14.1 Å². The molecule has 0 unspecified atom stereocenters. The highest BCUT2D eigenvalue weighted by Gasteiger charge is 2.28. The number of rotatable bonds is 6. The van der Waals surface area contributed by atoms with Gasteiger partial charge in [-0.05, 0) is 38.1 Å². The molecule has 190 valence electrons. The third-order valence-corrected chi connectivity index (χ3v) is 6.97. The predicted molar refractivity (Wildman–Crippen MR) is 146 cm³/mol. The lowest BCUT2D eigenvalue weighted by Gasteiger charge is -2.41. The van der Waals surface area contributed by atoms with E-state index in [1.165, 1.54) is 0 Å². The summed E-state index contributed by atoms with van der Waals surface area (Å²) in [5, 5.41) is 4.26. The number of piperazine rings is 1. The number of nitrogens with zero attached hydrogens (tertiary/aromatic N) is 3. The molecule has 1 amide bonds. The summed E-state index contributed by atoms with van der Waals surface area (Å²) in [5.41, 5.74) is 2.99. The molecule has 3 aromatic carbocycles. The van der Waals surface area contributed by atoms with Crippen LogP contribution in [0.2, 0.25) is 0 Å². The molecule has 0 aliphatic carbocycles. The van der Waals surface area contributed by atoms with Crippen molar-refractivity contribution in [2.45, 2.75) is 13.8 Å². The first-order valence-electron chi connectivity index (χ1n) is 12.6. The average molecular weight is 498 g/mol. The van der Waals surface area contributed by atoms with Gasteiger partial charge in [0.15, 0.2) is 11.0 Å². The standard InChI is InChI=1S/C30H31N3O4/c1-4-33(32-19-17-31(18-20-32)25-15-8-9-16-26(25)36-3)30(35)24-14-10-13-23-27(34)21(2)28(37-29(23)24)22-11-6-5-7-12-22/h5-16H,4,17-20H2,1-3H3. The van der Waals surface area contributed by atoms with Crippen molar-refractivity contribution in [2.75, 3.05) is 44.7 Å². The lowest BCUT2D eigenvalue weighted by Crippen LogP contribution is -2.55. The van der Waals surface area contributed by atoms with Gasteiger partial charge in [-0.15, -0.1) is 0 Å². The molecule has 1 fully saturated rings. The number of carbonyl (C=O) groups excluding carboxylic acids is 1. The highest BCUT2D eigenvalue weighted by Crippen LogP contribution is 2.30. The molecule has 1 aliphatic rings. The Balaban J connectivity index is 1.45. The molecular weight excluding hydrogens is 466 g/mol. The van der Waals surface area contributed by atoms with Gasteiger partial charge in [0.1, 0.15) is 11.5 Å². The maximum atomic E-state index is 13.9. The summed E-state index contributed by atoms with van der Waals surface area (Å²) in [6, 6.07) is 22.7. The minimum Gasteiger partial charge on any atom is -0.495 e. The van der Waals surface area contributed by atoms with Crippen LogP contribution in [0.5, 0.6) is 5.75 Å². The number of hydrazine groups is 1. The van der Waals surface area contributed by atoms with E-state index in [0.29, 0.717) is 47.5 Å². The van der Waals surface area contributed by atoms with Gasteiger partial charge in [-0.25, -0.2) is 5.01 Å². The summed E-state index contributed by atoms with van der Waals surface area (Å²) in [5.74, 6) is 1.16. The van der Waals surface area contributed by atoms with E-state index in [1.54, 1.807) is 37.2 Å². The van der Waals surface area contributed by atoms with Crippen LogP contribution in [-0.4, -0.2) is 55.8 Å². The average Bonchev–Trinajstić information content (AvgIpc) is 2.95. The molecule has 0 radical (unpaired) electrons. The summed E-state index contributed by atoms with van der Waals surface area (Å²) in [6.45, 7) is 7.11. The van der Waals surface area contributed by atoms with Crippen LogP contribution in [0.4, 0.5) is 5.69 Å². The number of benzene rings is 3. The van der Waals surface area contributed by atoms with E-state index in [4.69, 9.17) is 9.15 Å². The minimum absolute atomic E-state index is 0.122. The first-order valence-corrected chi connectivity index (χ1v) is 12.6. The smallest absolute Gasteiger partial charge is 0.271 e. The first-order chi connectivity index (χ1) is 18.0. The van der Waals surface area contributed by atoms with Crippen LogP contribution in [0.1, 0.15) is 22.8 Å². The van der Waals surface area contributed by atoms with Crippen LogP contribution >= 0.6 is 0 Å². The van der Waals surface area contributed by atoms with E-state index in [0.717, 1.165) is 30.1 Å². The lowest BCUT2D eigenvalue weighted by molar-refractivity contribution is -0.0105. The van der Waals surface area contributed by atoms with E-state index in [2.05, 4.69) is 16.0 Å². The molecule has 2 heterocycles. The zero-order chi connectivity index (χ0) is 25.9. The van der Waals surface area contributed by atoms with Crippen molar-refractivity contribution in [1.29, 1.82) is 0 Å². The third kappa shape index (κ3) is 4.58. The second-order valence-corrected chi connectivity index (χ2v) is 9.07. The van der Waals surface area contributed by atoms with Crippen molar-refractivity contribution in [3.05, 3.63) is 94.1 Å². The number of para-hydroxylation sites is 3. The normalized spacial score (nSPS) is 14.1. The molecule has 0 saturated carbocycles. The number of carbonyl (C=O) groups is 1. The van der Waals surface area contributed by atoms with Gasteiger partial charge in [0, 0.05) is 43.9 Å². The van der Waals surface area contributed by atoms with Crippen molar-refractivity contribution in [3.8, 4) is 17.1 Å². The maximum Gasteiger partial charge on any atom is 0.271 e. The fourth-order valence-corrected chi connectivity index (χ4v) is 5.02. The lowest BCUT2D eigenvalue weighted by atomic mass is 10.0. The Labute approximate surface area is 216 Å². The Kier molecular flexibility index (Phi) is 6.97. The zero-order valence-electron chi connectivity index (χ0n) is 21.4. The summed E-state index contributed by atoms with van der Waals surface area (Å²) in [7, 11) is 1.68. The molecule has 1 saturated heterocycles. The quantitative estimate of drug-likeness (QED) is 0.375. The van der Waals surface area contributed by atoms with Crippen molar-refractivity contribution < 1.29 is 13.9 Å². The van der Waals surface area contributed by atoms with Gasteiger partial charge in [0.2, 0.25) is 0 Å². The van der Waals surface area contributed by atoms with Crippen LogP contribution in [-0.2, 0) is 0 Å². The highest BCUT2D eigenvalue weighted by atomic mass is 16.5. The number of hydrogen-bond donors (Lipinski definition) is 0. The van der Waals surface area contributed by atoms with Gasteiger partial charge in [0.05, 0.1) is 23.7 Å². The Hall–Kier alpha value is -4.10. The fraction of sp³-hybridized carbons (Fsp3) is 0.267. The monoisotopic (exact) mass is 497 g/mol. The summed E-state index contributed by atoms with van der Waals surface area (Å²) >= 11 is 0. The van der Waals surface area contributed by atoms with Crippen molar-refractivity contribution >= 4 is 22.6 Å². The van der Waals surface area contributed by atoms with Crippen LogP contribution in [0.3, 0.4) is 0 Å². The topological polar surface area (TPSA) is 66.2 Å². The van der Waals surface area contributed by atoms with Crippen molar-refractivity contribution in [3.63, 3.8) is 0 Å². The van der Waals surface area contributed by atoms with Crippen LogP contribution < -0.4 is 15.1 Å². The molecule has 5 rings (SSSR count). The molecule has 0 spiro atoms. The Morgan fingerprint density at radius 3 is 2.35 bits per heavy atom. The number of ether oxygens (including phenoxy) is 1. The van der Waals surface area contributed by atoms with Gasteiger partial charge in [0.25, 0.3) is 5.91 Å². The number of anilines is 1. The molecule has 0 atom stereocenters. The van der Waals surface area contributed by atoms with Crippen molar-refractivity contribution in [2.24, 2.45) is 0 Å². The van der Waals surface area contributed by atoms with E-state index in [1.807, 2.05) is 55.5 Å². The Morgan fingerprint density at radius 2 is 1.65 bits per heavy atom. The maximum absolute atomic E-state index is 13.9. The minimum atomic E-state index is -0.176. The number of hydrogen-bond acceptors (Lipinski definition) is 6. The first kappa shape index (κ1) is 24.6. The zero-order valence-corrected chi connectivity index (χ0v) is 21.4.